The van der Waals surface area contributed by atoms with Crippen molar-refractivity contribution in [3.8, 4) is 0 Å². The van der Waals surface area contributed by atoms with Crippen molar-refractivity contribution in [3.63, 3.8) is 0 Å². The summed E-state index contributed by atoms with van der Waals surface area (Å²) in [4.78, 5) is 20.2. The number of ether oxygens (including phenoxy) is 1. The summed E-state index contributed by atoms with van der Waals surface area (Å²) >= 11 is 5.59. The van der Waals surface area contributed by atoms with Crippen molar-refractivity contribution in [1.29, 1.82) is 0 Å². The summed E-state index contributed by atoms with van der Waals surface area (Å²) in [7, 11) is 3.05. The molecule has 1 aromatic heterocycles. The number of carbonyl (C=O) groups is 1. The molecule has 0 unspecified atom stereocenters. The molecule has 0 N–H and O–H groups in total. The van der Waals surface area contributed by atoms with Gasteiger partial charge in [-0.3, -0.25) is 4.79 Å². The molecule has 0 amide bonds. The molecule has 0 bridgehead atoms. The van der Waals surface area contributed by atoms with E-state index in [2.05, 4.69) is 14.7 Å². The van der Waals surface area contributed by atoms with Gasteiger partial charge < -0.3 is 9.64 Å². The zero-order valence-corrected chi connectivity index (χ0v) is 8.65. The van der Waals surface area contributed by atoms with Gasteiger partial charge in [-0.2, -0.15) is 0 Å². The van der Waals surface area contributed by atoms with E-state index in [0.29, 0.717) is 5.82 Å². The molecule has 1 rings (SSSR count). The van der Waals surface area contributed by atoms with Crippen LogP contribution in [-0.4, -0.2) is 36.6 Å². The molecule has 5 nitrogen and oxygen atoms in total. The fraction of sp³-hybridized carbons (Fsp3) is 0.375. The summed E-state index contributed by atoms with van der Waals surface area (Å²) in [6, 6.07) is 1.66. The highest BCUT2D eigenvalue weighted by atomic mass is 35.5. The van der Waals surface area contributed by atoms with Crippen LogP contribution < -0.4 is 4.90 Å². The molecule has 76 valence electrons. The Bertz CT molecular complexity index is 332. The first kappa shape index (κ1) is 10.7. The van der Waals surface area contributed by atoms with E-state index in [-0.39, 0.29) is 17.8 Å². The van der Waals surface area contributed by atoms with Crippen molar-refractivity contribution in [2.24, 2.45) is 0 Å². The number of aromatic nitrogens is 2. The summed E-state index contributed by atoms with van der Waals surface area (Å²) in [5.41, 5.74) is 0. The fourth-order valence-electron chi connectivity index (χ4n) is 0.878. The number of hydrogen-bond donors (Lipinski definition) is 0. The number of anilines is 1. The van der Waals surface area contributed by atoms with E-state index in [1.54, 1.807) is 18.0 Å². The minimum atomic E-state index is -0.331. The van der Waals surface area contributed by atoms with E-state index in [0.717, 1.165) is 0 Å². The first-order valence-corrected chi connectivity index (χ1v) is 4.28. The lowest BCUT2D eigenvalue weighted by molar-refractivity contribution is -0.138. The van der Waals surface area contributed by atoms with Gasteiger partial charge in [-0.15, -0.1) is 0 Å². The van der Waals surface area contributed by atoms with Gasteiger partial charge in [0.25, 0.3) is 0 Å². The van der Waals surface area contributed by atoms with Gasteiger partial charge in [0.15, 0.2) is 0 Å². The summed E-state index contributed by atoms with van der Waals surface area (Å²) in [5.74, 6) is 0.248. The van der Waals surface area contributed by atoms with Crippen LogP contribution in [0, 0.1) is 0 Å². The Labute approximate surface area is 86.7 Å². The number of halogens is 1. The van der Waals surface area contributed by atoms with Crippen molar-refractivity contribution in [3.05, 3.63) is 17.5 Å². The lowest BCUT2D eigenvalue weighted by Crippen LogP contribution is -2.27. The molecule has 0 saturated heterocycles. The minimum absolute atomic E-state index is 0.129. The third-order valence-corrected chi connectivity index (χ3v) is 1.78. The Kier molecular flexibility index (Phi) is 3.64. The predicted molar refractivity (Wildman–Crippen MR) is 52.3 cm³/mol. The fourth-order valence-corrected chi connectivity index (χ4v) is 1.02. The van der Waals surface area contributed by atoms with Gasteiger partial charge >= 0.3 is 5.97 Å². The van der Waals surface area contributed by atoms with Crippen molar-refractivity contribution < 1.29 is 9.53 Å². The Morgan fingerprint density at radius 3 is 3.00 bits per heavy atom. The second-order valence-electron chi connectivity index (χ2n) is 2.62. The largest absolute Gasteiger partial charge is 0.468 e. The maximum absolute atomic E-state index is 10.9. The normalized spacial score (nSPS) is 9.64. The lowest BCUT2D eigenvalue weighted by Gasteiger charge is -2.15. The van der Waals surface area contributed by atoms with E-state index < -0.39 is 0 Å². The number of methoxy groups -OCH3 is 1. The van der Waals surface area contributed by atoms with E-state index in [4.69, 9.17) is 11.6 Å². The van der Waals surface area contributed by atoms with Gasteiger partial charge in [0.1, 0.15) is 12.4 Å². The number of hydrogen-bond acceptors (Lipinski definition) is 5. The van der Waals surface area contributed by atoms with Crippen molar-refractivity contribution >= 4 is 23.4 Å². The Balaban J connectivity index is 2.69. The molecule has 0 aliphatic heterocycles. The monoisotopic (exact) mass is 215 g/mol. The van der Waals surface area contributed by atoms with Gasteiger partial charge in [-0.05, 0) is 17.7 Å². The maximum Gasteiger partial charge on any atom is 0.325 e. The molecule has 0 radical (unpaired) electrons. The molecule has 6 heteroatoms. The van der Waals surface area contributed by atoms with Crippen LogP contribution in [0.2, 0.25) is 5.28 Å². The second-order valence-corrected chi connectivity index (χ2v) is 2.95. The average molecular weight is 216 g/mol. The van der Waals surface area contributed by atoms with Crippen LogP contribution in [0.3, 0.4) is 0 Å². The first-order valence-electron chi connectivity index (χ1n) is 3.90. The summed E-state index contributed by atoms with van der Waals surface area (Å²) in [5, 5.41) is 0.152. The highest BCUT2D eigenvalue weighted by Gasteiger charge is 2.08. The van der Waals surface area contributed by atoms with E-state index in [9.17, 15) is 4.79 Å². The molecule has 0 aliphatic rings. The van der Waals surface area contributed by atoms with E-state index in [1.807, 2.05) is 0 Å². The molecule has 1 aromatic rings. The smallest absolute Gasteiger partial charge is 0.325 e. The third-order valence-electron chi connectivity index (χ3n) is 1.60. The van der Waals surface area contributed by atoms with Gasteiger partial charge in [0, 0.05) is 13.2 Å². The minimum Gasteiger partial charge on any atom is -0.468 e. The van der Waals surface area contributed by atoms with Crippen LogP contribution in [-0.2, 0) is 9.53 Å². The number of likely N-dealkylation sites (N-methyl/N-ethyl adjacent to an activating group) is 1. The number of carbonyl (C=O) groups excluding carboxylic acids is 1. The van der Waals surface area contributed by atoms with Crippen molar-refractivity contribution in [1.82, 2.24) is 9.97 Å². The molecular weight excluding hydrogens is 206 g/mol. The summed E-state index contributed by atoms with van der Waals surface area (Å²) < 4.78 is 4.52. The van der Waals surface area contributed by atoms with Crippen LogP contribution in [0.4, 0.5) is 5.82 Å². The van der Waals surface area contributed by atoms with E-state index >= 15 is 0 Å². The molecule has 14 heavy (non-hydrogen) atoms. The molecule has 0 aliphatic carbocycles. The molecule has 0 fully saturated rings. The Hall–Kier alpha value is -1.36. The van der Waals surface area contributed by atoms with E-state index in [1.165, 1.54) is 13.3 Å². The van der Waals surface area contributed by atoms with Crippen LogP contribution in [0.25, 0.3) is 0 Å². The van der Waals surface area contributed by atoms with Crippen molar-refractivity contribution in [2.75, 3.05) is 25.6 Å². The van der Waals surface area contributed by atoms with Gasteiger partial charge in [-0.1, -0.05) is 0 Å². The van der Waals surface area contributed by atoms with Crippen LogP contribution >= 0.6 is 11.6 Å². The molecule has 1 heterocycles. The van der Waals surface area contributed by atoms with Crippen molar-refractivity contribution in [2.45, 2.75) is 0 Å². The van der Waals surface area contributed by atoms with Gasteiger partial charge in [0.2, 0.25) is 5.28 Å². The number of rotatable bonds is 3. The van der Waals surface area contributed by atoms with Gasteiger partial charge in [0.05, 0.1) is 7.11 Å². The van der Waals surface area contributed by atoms with Gasteiger partial charge in [-0.25, -0.2) is 9.97 Å². The quantitative estimate of drug-likeness (QED) is 0.550. The Morgan fingerprint density at radius 2 is 2.43 bits per heavy atom. The zero-order valence-electron chi connectivity index (χ0n) is 7.90. The molecule has 0 spiro atoms. The zero-order chi connectivity index (χ0) is 10.6. The highest BCUT2D eigenvalue weighted by Crippen LogP contribution is 2.09. The number of esters is 1. The molecule has 0 aromatic carbocycles. The lowest BCUT2D eigenvalue weighted by atomic mass is 10.5. The Morgan fingerprint density at radius 1 is 1.71 bits per heavy atom. The SMILES string of the molecule is COC(=O)CN(C)c1ccnc(Cl)n1. The third kappa shape index (κ3) is 2.85. The molecule has 0 saturated carbocycles. The second kappa shape index (κ2) is 4.76. The predicted octanol–water partition coefficient (Wildman–Crippen LogP) is 0.739. The first-order chi connectivity index (χ1) is 6.63. The number of nitrogens with zero attached hydrogens (tertiary/aromatic N) is 3. The maximum atomic E-state index is 10.9. The molecular formula is C8H10ClN3O2. The summed E-state index contributed by atoms with van der Waals surface area (Å²) in [6.45, 7) is 0.129. The highest BCUT2D eigenvalue weighted by molar-refractivity contribution is 6.28. The van der Waals surface area contributed by atoms with Crippen LogP contribution in [0.5, 0.6) is 0 Å². The van der Waals surface area contributed by atoms with Crippen LogP contribution in [0.1, 0.15) is 0 Å². The topological polar surface area (TPSA) is 55.3 Å². The summed E-state index contributed by atoms with van der Waals surface area (Å²) in [6.07, 6.45) is 1.53. The average Bonchev–Trinajstić information content (AvgIpc) is 2.17. The van der Waals surface area contributed by atoms with Crippen LogP contribution in [0.15, 0.2) is 12.3 Å². The molecule has 0 atom stereocenters. The standard InChI is InChI=1S/C8H10ClN3O2/c1-12(5-7(13)14-2)6-3-4-10-8(9)11-6/h3-4H,5H2,1-2H3.